The Morgan fingerprint density at radius 1 is 1.33 bits per heavy atom. The maximum Gasteiger partial charge on any atom is 0.171 e. The van der Waals surface area contributed by atoms with E-state index in [2.05, 4.69) is 4.40 Å². The van der Waals surface area contributed by atoms with Gasteiger partial charge in [0.2, 0.25) is 0 Å². The zero-order chi connectivity index (χ0) is 8.55. The molecule has 0 aromatic heterocycles. The van der Waals surface area contributed by atoms with Crippen molar-refractivity contribution in [1.29, 1.82) is 0 Å². The molecule has 0 aliphatic carbocycles. The molecule has 62 valence electrons. The summed E-state index contributed by atoms with van der Waals surface area (Å²) in [4.78, 5) is 2.19. The maximum absolute atomic E-state index is 5.82. The molecule has 0 atom stereocenters. The van der Waals surface area contributed by atoms with Crippen LogP contribution >= 0.6 is 35.3 Å². The number of fused-ring (bicyclic) bond motifs is 1. The maximum atomic E-state index is 5.82. The van der Waals surface area contributed by atoms with E-state index < -0.39 is 0 Å². The highest BCUT2D eigenvalue weighted by atomic mass is 35.5. The Kier molecular flexibility index (Phi) is 2.21. The van der Waals surface area contributed by atoms with Gasteiger partial charge in [-0.25, -0.2) is 0 Å². The van der Waals surface area contributed by atoms with Gasteiger partial charge in [0, 0.05) is 26.8 Å². The number of rotatable bonds is 0. The van der Waals surface area contributed by atoms with Crippen LogP contribution in [0, 0.1) is 0 Å². The lowest BCUT2D eigenvalue weighted by Crippen LogP contribution is -2.07. The highest BCUT2D eigenvalue weighted by Gasteiger charge is 2.11. The van der Waals surface area contributed by atoms with Crippen molar-refractivity contribution >= 4 is 40.5 Å². The van der Waals surface area contributed by atoms with Crippen molar-refractivity contribution < 1.29 is 0 Å². The van der Waals surface area contributed by atoms with Gasteiger partial charge in [-0.1, -0.05) is 23.4 Å². The van der Waals surface area contributed by atoms with Gasteiger partial charge in [-0.3, -0.25) is 0 Å². The van der Waals surface area contributed by atoms with Gasteiger partial charge in [-0.15, -0.1) is 0 Å². The molecule has 2 N–H and O–H groups in total. The van der Waals surface area contributed by atoms with E-state index in [1.54, 1.807) is 0 Å². The average Bonchev–Trinajstić information content (AvgIpc) is 2.03. The van der Waals surface area contributed by atoms with Crippen molar-refractivity contribution in [2.75, 3.05) is 0 Å². The third kappa shape index (κ3) is 1.55. The molecule has 0 fully saturated rings. The van der Waals surface area contributed by atoms with Crippen LogP contribution in [0.2, 0.25) is 5.02 Å². The van der Waals surface area contributed by atoms with Crippen LogP contribution in [-0.4, -0.2) is 5.17 Å². The standard InChI is InChI=1S/C7H5ClN2S2/c8-4-1-2-5-6(3-4)11-7(9)10-12-5/h1-3H,(H2,9,10). The van der Waals surface area contributed by atoms with Gasteiger partial charge in [0.25, 0.3) is 0 Å². The van der Waals surface area contributed by atoms with E-state index in [4.69, 9.17) is 17.3 Å². The van der Waals surface area contributed by atoms with Gasteiger partial charge in [0.05, 0.1) is 0 Å². The third-order valence-electron chi connectivity index (χ3n) is 1.35. The summed E-state index contributed by atoms with van der Waals surface area (Å²) in [6.07, 6.45) is 0. The Morgan fingerprint density at radius 3 is 3.00 bits per heavy atom. The summed E-state index contributed by atoms with van der Waals surface area (Å²) in [7, 11) is 0. The SMILES string of the molecule is NC1=NSc2ccc(Cl)cc2S1. The monoisotopic (exact) mass is 216 g/mol. The summed E-state index contributed by atoms with van der Waals surface area (Å²) in [5.74, 6) is 0. The van der Waals surface area contributed by atoms with Crippen molar-refractivity contribution in [1.82, 2.24) is 0 Å². The minimum absolute atomic E-state index is 0.578. The Labute approximate surface area is 83.7 Å². The quantitative estimate of drug-likeness (QED) is 0.678. The molecule has 1 aliphatic heterocycles. The van der Waals surface area contributed by atoms with Gasteiger partial charge in [-0.2, -0.15) is 4.40 Å². The average molecular weight is 217 g/mol. The molecule has 0 saturated carbocycles. The van der Waals surface area contributed by atoms with E-state index in [0.29, 0.717) is 5.17 Å². The summed E-state index contributed by atoms with van der Waals surface area (Å²) >= 11 is 8.66. The summed E-state index contributed by atoms with van der Waals surface area (Å²) < 4.78 is 4.03. The van der Waals surface area contributed by atoms with Crippen molar-refractivity contribution in [2.45, 2.75) is 9.79 Å². The first-order valence-electron chi connectivity index (χ1n) is 3.23. The number of benzene rings is 1. The van der Waals surface area contributed by atoms with E-state index in [0.717, 1.165) is 14.8 Å². The Morgan fingerprint density at radius 2 is 2.17 bits per heavy atom. The fraction of sp³-hybridized carbons (Fsp3) is 0. The van der Waals surface area contributed by atoms with E-state index in [1.165, 1.54) is 23.7 Å². The Bertz CT molecular complexity index is 351. The van der Waals surface area contributed by atoms with Crippen LogP contribution in [0.15, 0.2) is 32.4 Å². The first-order valence-corrected chi connectivity index (χ1v) is 5.20. The van der Waals surface area contributed by atoms with Crippen LogP contribution in [0.3, 0.4) is 0 Å². The van der Waals surface area contributed by atoms with E-state index >= 15 is 0 Å². The topological polar surface area (TPSA) is 38.4 Å². The summed E-state index contributed by atoms with van der Waals surface area (Å²) in [5, 5.41) is 1.31. The Balaban J connectivity index is 2.43. The molecular formula is C7H5ClN2S2. The van der Waals surface area contributed by atoms with Crippen LogP contribution in [0.5, 0.6) is 0 Å². The van der Waals surface area contributed by atoms with Crippen LogP contribution in [0.4, 0.5) is 0 Å². The molecule has 0 radical (unpaired) electrons. The number of hydrogen-bond acceptors (Lipinski definition) is 4. The normalized spacial score (nSPS) is 15.2. The second-order valence-corrected chi connectivity index (χ2v) is 4.52. The number of thioether (sulfide) groups is 1. The van der Waals surface area contributed by atoms with Crippen molar-refractivity contribution in [3.63, 3.8) is 0 Å². The molecular weight excluding hydrogens is 212 g/mol. The lowest BCUT2D eigenvalue weighted by Gasteiger charge is -2.10. The summed E-state index contributed by atoms with van der Waals surface area (Å²) in [6.45, 7) is 0. The second-order valence-electron chi connectivity index (χ2n) is 2.21. The second kappa shape index (κ2) is 3.20. The van der Waals surface area contributed by atoms with Crippen molar-refractivity contribution in [3.05, 3.63) is 23.2 Å². The van der Waals surface area contributed by atoms with Crippen LogP contribution in [0.25, 0.3) is 0 Å². The van der Waals surface area contributed by atoms with Crippen LogP contribution in [-0.2, 0) is 0 Å². The molecule has 0 unspecified atom stereocenters. The molecule has 5 heteroatoms. The smallest absolute Gasteiger partial charge is 0.171 e. The molecule has 2 nitrogen and oxygen atoms in total. The number of nitrogens with two attached hydrogens (primary N) is 1. The molecule has 12 heavy (non-hydrogen) atoms. The molecule has 2 rings (SSSR count). The number of nitrogens with zero attached hydrogens (tertiary/aromatic N) is 1. The fourth-order valence-corrected chi connectivity index (χ4v) is 2.64. The summed E-state index contributed by atoms with van der Waals surface area (Å²) in [6, 6.07) is 5.70. The van der Waals surface area contributed by atoms with Crippen LogP contribution in [0.1, 0.15) is 0 Å². The largest absolute Gasteiger partial charge is 0.377 e. The number of amidine groups is 1. The minimum Gasteiger partial charge on any atom is -0.377 e. The van der Waals surface area contributed by atoms with Crippen molar-refractivity contribution in [3.8, 4) is 0 Å². The van der Waals surface area contributed by atoms with Gasteiger partial charge in [-0.05, 0) is 18.2 Å². The lowest BCUT2D eigenvalue weighted by atomic mass is 10.4. The fourth-order valence-electron chi connectivity index (χ4n) is 0.863. The molecule has 0 saturated heterocycles. The van der Waals surface area contributed by atoms with E-state index in [1.807, 2.05) is 18.2 Å². The number of hydrogen-bond donors (Lipinski definition) is 1. The van der Waals surface area contributed by atoms with E-state index in [9.17, 15) is 0 Å². The molecule has 0 bridgehead atoms. The van der Waals surface area contributed by atoms with Crippen molar-refractivity contribution in [2.24, 2.45) is 10.1 Å². The number of halogens is 1. The third-order valence-corrected chi connectivity index (χ3v) is 3.53. The molecule has 1 heterocycles. The molecule has 1 aromatic rings. The molecule has 1 aromatic carbocycles. The van der Waals surface area contributed by atoms with Crippen LogP contribution < -0.4 is 5.73 Å². The molecule has 0 spiro atoms. The van der Waals surface area contributed by atoms with E-state index in [-0.39, 0.29) is 0 Å². The first kappa shape index (κ1) is 8.29. The minimum atomic E-state index is 0.578. The molecule has 1 aliphatic rings. The highest BCUT2D eigenvalue weighted by molar-refractivity contribution is 8.16. The highest BCUT2D eigenvalue weighted by Crippen LogP contribution is 2.37. The van der Waals surface area contributed by atoms with Gasteiger partial charge >= 0.3 is 0 Å². The predicted octanol–water partition coefficient (Wildman–Crippen LogP) is 2.77. The lowest BCUT2D eigenvalue weighted by molar-refractivity contribution is 1.25. The van der Waals surface area contributed by atoms with Gasteiger partial charge < -0.3 is 5.73 Å². The molecule has 0 amide bonds. The zero-order valence-electron chi connectivity index (χ0n) is 5.95. The summed E-state index contributed by atoms with van der Waals surface area (Å²) in [5.41, 5.74) is 5.55. The Hall–Kier alpha value is -0.320. The predicted molar refractivity (Wildman–Crippen MR) is 54.8 cm³/mol. The zero-order valence-corrected chi connectivity index (χ0v) is 8.34. The first-order chi connectivity index (χ1) is 5.75. The van der Waals surface area contributed by atoms with Gasteiger partial charge in [0.15, 0.2) is 5.17 Å². The van der Waals surface area contributed by atoms with Gasteiger partial charge in [0.1, 0.15) is 0 Å².